The van der Waals surface area contributed by atoms with Crippen molar-refractivity contribution in [2.75, 3.05) is 0 Å². The third-order valence-electron chi connectivity index (χ3n) is 1.13. The highest BCUT2D eigenvalue weighted by Crippen LogP contribution is 2.31. The smallest absolute Gasteiger partial charge is 0.0641 e. The van der Waals surface area contributed by atoms with Crippen molar-refractivity contribution in [2.45, 2.75) is 3.79 Å². The van der Waals surface area contributed by atoms with Crippen LogP contribution in [0, 0.1) is 6.42 Å². The van der Waals surface area contributed by atoms with Crippen LogP contribution in [0.3, 0.4) is 0 Å². The van der Waals surface area contributed by atoms with Crippen molar-refractivity contribution in [2.24, 2.45) is 0 Å². The fourth-order valence-corrected chi connectivity index (χ4v) is 1.12. The topological polar surface area (TPSA) is 0 Å². The largest absolute Gasteiger partial charge is 0.255 e. The molecule has 58 valence electrons. The molecule has 1 aromatic carbocycles. The van der Waals surface area contributed by atoms with Gasteiger partial charge >= 0.3 is 0 Å². The molecular weight excluding hydrogens is 202 g/mol. The number of hydrogen-bond donors (Lipinski definition) is 0. The van der Waals surface area contributed by atoms with Crippen LogP contribution in [-0.2, 0) is 0 Å². The first-order valence-electron chi connectivity index (χ1n) is 3.05. The van der Waals surface area contributed by atoms with Gasteiger partial charge in [-0.15, -0.1) is 0 Å². The van der Waals surface area contributed by atoms with Crippen molar-refractivity contribution < 1.29 is 0 Å². The molecule has 0 fully saturated rings. The predicted octanol–water partition coefficient (Wildman–Crippen LogP) is 3.61. The van der Waals surface area contributed by atoms with E-state index in [1.165, 1.54) is 0 Å². The van der Waals surface area contributed by atoms with E-state index in [2.05, 4.69) is 0 Å². The molecule has 0 N–H and O–H groups in total. The number of halogens is 3. The molecule has 0 bridgehead atoms. The van der Waals surface area contributed by atoms with Gasteiger partial charge in [-0.1, -0.05) is 34.8 Å². The fourth-order valence-electron chi connectivity index (χ4n) is 0.738. The molecule has 0 saturated heterocycles. The number of benzene rings is 1. The van der Waals surface area contributed by atoms with Crippen LogP contribution in [0.1, 0.15) is 5.56 Å². The van der Waals surface area contributed by atoms with Crippen LogP contribution in [0.4, 0.5) is 0 Å². The molecule has 0 nitrogen and oxygen atoms in total. The normalized spacial score (nSPS) is 11.2. The van der Waals surface area contributed by atoms with Gasteiger partial charge < -0.3 is 0 Å². The second kappa shape index (κ2) is 3.57. The van der Waals surface area contributed by atoms with Crippen LogP contribution >= 0.6 is 34.8 Å². The number of hydrogen-bond acceptors (Lipinski definition) is 0. The summed E-state index contributed by atoms with van der Waals surface area (Å²) in [5.41, 5.74) is 0.910. The van der Waals surface area contributed by atoms with Gasteiger partial charge in [-0.3, -0.25) is 0 Å². The highest BCUT2D eigenvalue weighted by Gasteiger charge is 2.25. The summed E-state index contributed by atoms with van der Waals surface area (Å²) in [5.74, 6) is 0. The molecule has 0 aliphatic rings. The van der Waals surface area contributed by atoms with E-state index in [0.29, 0.717) is 0 Å². The Morgan fingerprint density at radius 2 is 1.55 bits per heavy atom. The summed E-state index contributed by atoms with van der Waals surface area (Å²) < 4.78 is -1.30. The molecule has 0 spiro atoms. The van der Waals surface area contributed by atoms with Gasteiger partial charge in [-0.05, 0) is 18.2 Å². The van der Waals surface area contributed by atoms with E-state index >= 15 is 0 Å². The molecule has 0 aromatic heterocycles. The van der Waals surface area contributed by atoms with Crippen molar-refractivity contribution in [3.63, 3.8) is 0 Å². The van der Waals surface area contributed by atoms with E-state index in [4.69, 9.17) is 34.8 Å². The Bertz CT molecular complexity index is 213. The lowest BCUT2D eigenvalue weighted by Crippen LogP contribution is -2.02. The SMILES string of the molecule is ClC(Cl)(Cl)[CH+]c1ccccc1. The first kappa shape index (κ1) is 9.05. The minimum atomic E-state index is -1.30. The molecular formula is C8H6Cl3+. The van der Waals surface area contributed by atoms with Gasteiger partial charge in [0, 0.05) is 12.1 Å². The van der Waals surface area contributed by atoms with Gasteiger partial charge in [0.25, 0.3) is 3.79 Å². The third kappa shape index (κ3) is 3.76. The van der Waals surface area contributed by atoms with E-state index in [-0.39, 0.29) is 0 Å². The van der Waals surface area contributed by atoms with Gasteiger partial charge in [0.15, 0.2) is 0 Å². The molecule has 1 aromatic rings. The van der Waals surface area contributed by atoms with E-state index in [0.717, 1.165) is 5.56 Å². The van der Waals surface area contributed by atoms with Gasteiger partial charge in [0.1, 0.15) is 5.56 Å². The average molecular weight is 208 g/mol. The average Bonchev–Trinajstić information content (AvgIpc) is 1.85. The summed E-state index contributed by atoms with van der Waals surface area (Å²) in [4.78, 5) is 0. The second-order valence-corrected chi connectivity index (χ2v) is 4.47. The van der Waals surface area contributed by atoms with Crippen LogP contribution in [0.25, 0.3) is 0 Å². The van der Waals surface area contributed by atoms with E-state index < -0.39 is 3.79 Å². The van der Waals surface area contributed by atoms with Crippen molar-refractivity contribution in [3.05, 3.63) is 42.3 Å². The minimum absolute atomic E-state index is 0.910. The maximum atomic E-state index is 5.54. The minimum Gasteiger partial charge on any atom is -0.0641 e. The van der Waals surface area contributed by atoms with Crippen molar-refractivity contribution in [1.82, 2.24) is 0 Å². The summed E-state index contributed by atoms with van der Waals surface area (Å²) >= 11 is 16.6. The molecule has 0 aliphatic heterocycles. The number of alkyl halides is 3. The van der Waals surface area contributed by atoms with Gasteiger partial charge in [-0.25, -0.2) is 0 Å². The lowest BCUT2D eigenvalue weighted by atomic mass is 10.2. The van der Waals surface area contributed by atoms with Gasteiger partial charge in [0.05, 0.1) is 6.42 Å². The highest BCUT2D eigenvalue weighted by atomic mass is 35.6. The summed E-state index contributed by atoms with van der Waals surface area (Å²) in [6.07, 6.45) is 1.57. The first-order chi connectivity index (χ1) is 5.08. The quantitative estimate of drug-likeness (QED) is 0.489. The van der Waals surface area contributed by atoms with Crippen molar-refractivity contribution in [3.8, 4) is 0 Å². The van der Waals surface area contributed by atoms with E-state index in [1.807, 2.05) is 30.3 Å². The first-order valence-corrected chi connectivity index (χ1v) is 4.19. The zero-order valence-corrected chi connectivity index (χ0v) is 7.87. The molecule has 1 rings (SSSR count). The van der Waals surface area contributed by atoms with Crippen LogP contribution in [-0.4, -0.2) is 3.79 Å². The monoisotopic (exact) mass is 207 g/mol. The Labute approximate surface area is 81.1 Å². The molecule has 0 aliphatic carbocycles. The summed E-state index contributed by atoms with van der Waals surface area (Å²) in [6, 6.07) is 9.45. The molecule has 0 amide bonds. The fraction of sp³-hybridized carbons (Fsp3) is 0.125. The van der Waals surface area contributed by atoms with Crippen molar-refractivity contribution >= 4 is 34.8 Å². The lowest BCUT2D eigenvalue weighted by molar-refractivity contribution is 1.28. The third-order valence-corrected chi connectivity index (χ3v) is 1.46. The molecule has 0 atom stereocenters. The Balaban J connectivity index is 2.66. The highest BCUT2D eigenvalue weighted by molar-refractivity contribution is 6.68. The lowest BCUT2D eigenvalue weighted by Gasteiger charge is -2.02. The van der Waals surface area contributed by atoms with Crippen LogP contribution in [0.15, 0.2) is 30.3 Å². The predicted molar refractivity (Wildman–Crippen MR) is 50.1 cm³/mol. The molecule has 0 unspecified atom stereocenters. The Morgan fingerprint density at radius 3 is 2.00 bits per heavy atom. The van der Waals surface area contributed by atoms with E-state index in [9.17, 15) is 0 Å². The van der Waals surface area contributed by atoms with Gasteiger partial charge in [0.2, 0.25) is 0 Å². The summed E-state index contributed by atoms with van der Waals surface area (Å²) in [5, 5.41) is 0. The maximum Gasteiger partial charge on any atom is 0.255 e. The maximum absolute atomic E-state index is 5.54. The van der Waals surface area contributed by atoms with Crippen molar-refractivity contribution in [1.29, 1.82) is 0 Å². The van der Waals surface area contributed by atoms with Crippen LogP contribution in [0.5, 0.6) is 0 Å². The summed E-state index contributed by atoms with van der Waals surface area (Å²) in [7, 11) is 0. The standard InChI is InChI=1S/C8H6Cl3/c9-8(10,11)6-7-4-2-1-3-5-7/h1-6H/q+1. The molecule has 0 saturated carbocycles. The number of rotatable bonds is 1. The Kier molecular flexibility index (Phi) is 2.94. The molecule has 0 heterocycles. The van der Waals surface area contributed by atoms with Crippen LogP contribution in [0.2, 0.25) is 0 Å². The van der Waals surface area contributed by atoms with E-state index in [1.54, 1.807) is 6.42 Å². The van der Waals surface area contributed by atoms with Crippen LogP contribution < -0.4 is 0 Å². The van der Waals surface area contributed by atoms with Gasteiger partial charge in [-0.2, -0.15) is 0 Å². The second-order valence-electron chi connectivity index (χ2n) is 2.10. The summed E-state index contributed by atoms with van der Waals surface area (Å²) in [6.45, 7) is 0. The Morgan fingerprint density at radius 1 is 1.00 bits per heavy atom. The molecule has 0 radical (unpaired) electrons. The molecule has 11 heavy (non-hydrogen) atoms. The zero-order valence-electron chi connectivity index (χ0n) is 5.60. The zero-order chi connectivity index (χ0) is 8.32. The Hall–Kier alpha value is -0.0400. The molecule has 3 heteroatoms.